The number of piperidine rings is 1. The summed E-state index contributed by atoms with van der Waals surface area (Å²) in [5.41, 5.74) is -0.0966. The van der Waals surface area contributed by atoms with Crippen LogP contribution in [0.3, 0.4) is 0 Å². The predicted octanol–water partition coefficient (Wildman–Crippen LogP) is -0.0800. The molecule has 2 aliphatic heterocycles. The normalized spacial score (nSPS) is 24.8. The fraction of sp³-hybridized carbons (Fsp3) is 0.545. The molecule has 3 N–H and O–H groups in total. The second kappa shape index (κ2) is 9.55. The van der Waals surface area contributed by atoms with Crippen LogP contribution in [0.1, 0.15) is 40.0 Å². The van der Waals surface area contributed by atoms with Gasteiger partial charge >= 0.3 is 6.09 Å². The number of hydrogen-bond acceptors (Lipinski definition) is 7. The zero-order valence-corrected chi connectivity index (χ0v) is 18.8. The minimum atomic E-state index is -1.02. The van der Waals surface area contributed by atoms with E-state index in [0.29, 0.717) is 5.57 Å². The maximum absolute atomic E-state index is 13.1. The number of carbonyl (C=O) groups is 6. The molecule has 3 aliphatic rings. The lowest BCUT2D eigenvalue weighted by Crippen LogP contribution is -2.54. The molecular formula is C22H28N4O7. The molecule has 0 bridgehead atoms. The summed E-state index contributed by atoms with van der Waals surface area (Å²) in [6.07, 6.45) is 4.44. The van der Waals surface area contributed by atoms with Gasteiger partial charge in [-0.1, -0.05) is 18.2 Å². The number of carbonyl (C=O) groups excluding carboxylic acids is 6. The average Bonchev–Trinajstić information content (AvgIpc) is 2.96. The fourth-order valence-electron chi connectivity index (χ4n) is 3.99. The molecule has 2 heterocycles. The molecule has 11 nitrogen and oxygen atoms in total. The Morgan fingerprint density at radius 2 is 1.88 bits per heavy atom. The molecular weight excluding hydrogens is 432 g/mol. The number of allylic oxidation sites excluding steroid dienone is 2. The van der Waals surface area contributed by atoms with Gasteiger partial charge in [-0.15, -0.1) is 0 Å². The van der Waals surface area contributed by atoms with E-state index in [9.17, 15) is 28.8 Å². The zero-order valence-electron chi connectivity index (χ0n) is 18.8. The molecule has 2 fully saturated rings. The maximum atomic E-state index is 13.1. The molecule has 2 saturated heterocycles. The first kappa shape index (κ1) is 24.1. The third-order valence-electron chi connectivity index (χ3n) is 5.45. The summed E-state index contributed by atoms with van der Waals surface area (Å²) in [5, 5.41) is 7.35. The van der Waals surface area contributed by atoms with Gasteiger partial charge in [0.15, 0.2) is 0 Å². The molecule has 11 heteroatoms. The molecule has 33 heavy (non-hydrogen) atoms. The molecule has 178 valence electrons. The lowest BCUT2D eigenvalue weighted by molar-refractivity contribution is -0.151. The van der Waals surface area contributed by atoms with Gasteiger partial charge in [-0.3, -0.25) is 34.2 Å². The van der Waals surface area contributed by atoms with E-state index in [4.69, 9.17) is 4.74 Å². The lowest BCUT2D eigenvalue weighted by atomic mass is 9.84. The highest BCUT2D eigenvalue weighted by Gasteiger charge is 2.53. The second-order valence-corrected chi connectivity index (χ2v) is 9.10. The van der Waals surface area contributed by atoms with E-state index in [2.05, 4.69) is 16.0 Å². The second-order valence-electron chi connectivity index (χ2n) is 9.10. The van der Waals surface area contributed by atoms with Crippen LogP contribution in [0.5, 0.6) is 0 Å². The number of nitrogens with zero attached hydrogens (tertiary/aromatic N) is 1. The van der Waals surface area contributed by atoms with Crippen LogP contribution in [0.2, 0.25) is 0 Å². The number of hydrogen-bond donors (Lipinski definition) is 3. The number of ether oxygens (including phenoxy) is 1. The summed E-state index contributed by atoms with van der Waals surface area (Å²) >= 11 is 0. The molecule has 1 aliphatic carbocycles. The first-order chi connectivity index (χ1) is 15.5. The van der Waals surface area contributed by atoms with Crippen LogP contribution in [0.4, 0.5) is 4.79 Å². The minimum Gasteiger partial charge on any atom is -0.444 e. The van der Waals surface area contributed by atoms with Crippen molar-refractivity contribution in [2.24, 2.45) is 11.8 Å². The molecule has 3 atom stereocenters. The van der Waals surface area contributed by atoms with Gasteiger partial charge in [-0.25, -0.2) is 4.79 Å². The van der Waals surface area contributed by atoms with Gasteiger partial charge < -0.3 is 15.4 Å². The van der Waals surface area contributed by atoms with Gasteiger partial charge in [0, 0.05) is 25.9 Å². The molecule has 3 rings (SSSR count). The minimum absolute atomic E-state index is 0.00569. The zero-order chi connectivity index (χ0) is 24.3. The number of alkyl carbamates (subject to hydrolysis) is 1. The van der Waals surface area contributed by atoms with E-state index in [1.807, 2.05) is 0 Å². The first-order valence-corrected chi connectivity index (χ1v) is 10.8. The van der Waals surface area contributed by atoms with Crippen LogP contribution in [0, 0.1) is 11.8 Å². The van der Waals surface area contributed by atoms with Crippen LogP contribution in [0.25, 0.3) is 0 Å². The van der Waals surface area contributed by atoms with Crippen molar-refractivity contribution in [2.75, 3.05) is 13.1 Å². The Hall–Kier alpha value is -3.50. The highest BCUT2D eigenvalue weighted by molar-refractivity contribution is 6.12. The van der Waals surface area contributed by atoms with Crippen LogP contribution >= 0.6 is 0 Å². The number of imide groups is 2. The summed E-state index contributed by atoms with van der Waals surface area (Å²) < 4.78 is 5.10. The van der Waals surface area contributed by atoms with Gasteiger partial charge in [0.1, 0.15) is 11.6 Å². The quantitative estimate of drug-likeness (QED) is 0.469. The third kappa shape index (κ3) is 5.65. The van der Waals surface area contributed by atoms with Crippen molar-refractivity contribution in [3.63, 3.8) is 0 Å². The third-order valence-corrected chi connectivity index (χ3v) is 5.45. The molecule has 3 unspecified atom stereocenters. The Morgan fingerprint density at radius 3 is 2.55 bits per heavy atom. The fourth-order valence-corrected chi connectivity index (χ4v) is 3.99. The summed E-state index contributed by atoms with van der Waals surface area (Å²) in [6.45, 7) is 5.31. The van der Waals surface area contributed by atoms with Crippen molar-refractivity contribution in [1.29, 1.82) is 0 Å². The van der Waals surface area contributed by atoms with Crippen molar-refractivity contribution in [3.8, 4) is 0 Å². The van der Waals surface area contributed by atoms with E-state index < -0.39 is 53.2 Å². The Morgan fingerprint density at radius 1 is 1.15 bits per heavy atom. The van der Waals surface area contributed by atoms with E-state index in [1.165, 1.54) is 0 Å². The topological polar surface area (TPSA) is 151 Å². The van der Waals surface area contributed by atoms with Gasteiger partial charge in [-0.2, -0.15) is 0 Å². The molecule has 6 amide bonds. The van der Waals surface area contributed by atoms with Crippen molar-refractivity contribution < 1.29 is 33.5 Å². The van der Waals surface area contributed by atoms with Gasteiger partial charge in [0.2, 0.25) is 29.5 Å². The highest BCUT2D eigenvalue weighted by Crippen LogP contribution is 2.37. The summed E-state index contributed by atoms with van der Waals surface area (Å²) in [5.74, 6) is -4.02. The largest absolute Gasteiger partial charge is 0.444 e. The first-order valence-electron chi connectivity index (χ1n) is 10.8. The summed E-state index contributed by atoms with van der Waals surface area (Å²) in [4.78, 5) is 74.4. The van der Waals surface area contributed by atoms with E-state index >= 15 is 0 Å². The molecule has 0 saturated carbocycles. The maximum Gasteiger partial charge on any atom is 0.407 e. The molecule has 0 aromatic rings. The molecule has 0 aromatic heterocycles. The van der Waals surface area contributed by atoms with Crippen molar-refractivity contribution in [2.45, 2.75) is 51.7 Å². The summed E-state index contributed by atoms with van der Waals surface area (Å²) in [6, 6.07) is -1.02. The smallest absolute Gasteiger partial charge is 0.407 e. The van der Waals surface area contributed by atoms with Gasteiger partial charge in [0.05, 0.1) is 11.8 Å². The molecule has 0 aromatic carbocycles. The number of amides is 6. The van der Waals surface area contributed by atoms with Crippen molar-refractivity contribution >= 4 is 35.6 Å². The standard InChI is InChI=1S/C22H28N4O7/c1-22(2,3)33-21(32)23-10-9-15(27)24-11-12-5-4-6-13-17(12)20(31)26(19(13)30)14-7-8-16(28)25-18(14)29/h4-6,13-14,17H,7-11H2,1-3H3,(H,23,32)(H,24,27)(H,25,28,29). The highest BCUT2D eigenvalue weighted by atomic mass is 16.6. The van der Waals surface area contributed by atoms with Crippen molar-refractivity contribution in [3.05, 3.63) is 23.8 Å². The Kier molecular flexibility index (Phi) is 6.99. The van der Waals surface area contributed by atoms with E-state index in [-0.39, 0.29) is 38.3 Å². The number of fused-ring (bicyclic) bond motifs is 1. The van der Waals surface area contributed by atoms with E-state index in [0.717, 1.165) is 4.90 Å². The van der Waals surface area contributed by atoms with Crippen LogP contribution < -0.4 is 16.0 Å². The van der Waals surface area contributed by atoms with Crippen LogP contribution in [0.15, 0.2) is 23.8 Å². The summed E-state index contributed by atoms with van der Waals surface area (Å²) in [7, 11) is 0. The number of likely N-dealkylation sites (tertiary alicyclic amines) is 1. The average molecular weight is 460 g/mol. The number of nitrogens with one attached hydrogen (secondary N) is 3. The molecule has 0 radical (unpaired) electrons. The monoisotopic (exact) mass is 460 g/mol. The van der Waals surface area contributed by atoms with Crippen LogP contribution in [-0.4, -0.2) is 65.3 Å². The van der Waals surface area contributed by atoms with Crippen molar-refractivity contribution in [1.82, 2.24) is 20.9 Å². The number of rotatable bonds is 6. The Labute approximate surface area is 190 Å². The predicted molar refractivity (Wildman–Crippen MR) is 114 cm³/mol. The lowest BCUT2D eigenvalue weighted by Gasteiger charge is -2.28. The SMILES string of the molecule is CC(C)(C)OC(=O)NCCC(=O)NCC1=CC=CC2C(=O)N(C3CCC(=O)NC3=O)C(=O)C12. The van der Waals surface area contributed by atoms with Gasteiger partial charge in [-0.05, 0) is 32.8 Å². The Bertz CT molecular complexity index is 947. The Balaban J connectivity index is 1.55. The van der Waals surface area contributed by atoms with Crippen LogP contribution in [-0.2, 0) is 28.7 Å². The van der Waals surface area contributed by atoms with Gasteiger partial charge in [0.25, 0.3) is 0 Å². The van der Waals surface area contributed by atoms with E-state index in [1.54, 1.807) is 39.0 Å². The molecule has 0 spiro atoms.